The summed E-state index contributed by atoms with van der Waals surface area (Å²) in [6.45, 7) is 7.36. The summed E-state index contributed by atoms with van der Waals surface area (Å²) < 4.78 is 5.44. The summed E-state index contributed by atoms with van der Waals surface area (Å²) in [5, 5.41) is 10.6. The van der Waals surface area contributed by atoms with E-state index in [0.717, 1.165) is 6.04 Å². The van der Waals surface area contributed by atoms with E-state index >= 15 is 0 Å². The normalized spacial score (nSPS) is 11.7. The minimum absolute atomic E-state index is 0.0542. The van der Waals surface area contributed by atoms with Crippen LogP contribution in [-0.2, 0) is 0 Å². The van der Waals surface area contributed by atoms with Gasteiger partial charge in [0, 0.05) is 14.1 Å². The molecule has 0 aliphatic rings. The molecule has 0 aromatic heterocycles. The lowest BCUT2D eigenvalue weighted by molar-refractivity contribution is -0.384. The Labute approximate surface area is 108 Å². The van der Waals surface area contributed by atoms with Gasteiger partial charge in [0.05, 0.1) is 11.0 Å². The van der Waals surface area contributed by atoms with Gasteiger partial charge in [0.15, 0.2) is 0 Å². The molecule has 4 nitrogen and oxygen atoms in total. The number of rotatable bonds is 6. The van der Waals surface area contributed by atoms with Gasteiger partial charge in [-0.1, -0.05) is 37.9 Å². The van der Waals surface area contributed by atoms with Crippen molar-refractivity contribution in [1.82, 2.24) is 0 Å². The van der Waals surface area contributed by atoms with Crippen LogP contribution in [0.1, 0.15) is 0 Å². The van der Waals surface area contributed by atoms with Crippen molar-refractivity contribution in [2.75, 3.05) is 6.61 Å². The van der Waals surface area contributed by atoms with Crippen molar-refractivity contribution in [2.45, 2.75) is 25.7 Å². The SMILES string of the molecule is C[Si](C)(C)C/C=C/COc1cccc([N+](=O)[O-])c1. The van der Waals surface area contributed by atoms with Gasteiger partial charge in [-0.2, -0.15) is 0 Å². The fourth-order valence-corrected chi connectivity index (χ4v) is 2.21. The molecule has 0 saturated heterocycles. The molecule has 0 aliphatic heterocycles. The molecular weight excluding hydrogens is 246 g/mol. The number of benzene rings is 1. The van der Waals surface area contributed by atoms with Crippen LogP contribution in [0, 0.1) is 10.1 Å². The molecule has 0 atom stereocenters. The molecule has 18 heavy (non-hydrogen) atoms. The van der Waals surface area contributed by atoms with Crippen LogP contribution in [-0.4, -0.2) is 19.6 Å². The van der Waals surface area contributed by atoms with Crippen molar-refractivity contribution < 1.29 is 9.66 Å². The number of nitro groups is 1. The van der Waals surface area contributed by atoms with E-state index in [1.54, 1.807) is 12.1 Å². The average molecular weight is 265 g/mol. The first-order valence-electron chi connectivity index (χ1n) is 5.91. The van der Waals surface area contributed by atoms with Gasteiger partial charge in [0.2, 0.25) is 0 Å². The fraction of sp³-hybridized carbons (Fsp3) is 0.385. The maximum absolute atomic E-state index is 10.6. The van der Waals surface area contributed by atoms with Crippen molar-refractivity contribution in [3.05, 3.63) is 46.5 Å². The van der Waals surface area contributed by atoms with E-state index in [0.29, 0.717) is 12.4 Å². The molecule has 0 bridgehead atoms. The van der Waals surface area contributed by atoms with Crippen molar-refractivity contribution >= 4 is 13.8 Å². The van der Waals surface area contributed by atoms with Gasteiger partial charge in [-0.15, -0.1) is 0 Å². The Kier molecular flexibility index (Phi) is 5.09. The monoisotopic (exact) mass is 265 g/mol. The summed E-state index contributed by atoms with van der Waals surface area (Å²) in [6, 6.07) is 7.35. The molecule has 0 aliphatic carbocycles. The number of nitrogens with zero attached hydrogens (tertiary/aromatic N) is 1. The van der Waals surface area contributed by atoms with Gasteiger partial charge in [-0.05, 0) is 12.1 Å². The van der Waals surface area contributed by atoms with Gasteiger partial charge >= 0.3 is 0 Å². The summed E-state index contributed by atoms with van der Waals surface area (Å²) >= 11 is 0. The van der Waals surface area contributed by atoms with Crippen LogP contribution < -0.4 is 4.74 Å². The summed E-state index contributed by atoms with van der Waals surface area (Å²) in [5.74, 6) is 0.529. The third-order valence-corrected chi connectivity index (χ3v) is 3.73. The topological polar surface area (TPSA) is 52.4 Å². The molecule has 0 unspecified atom stereocenters. The van der Waals surface area contributed by atoms with Gasteiger partial charge in [-0.3, -0.25) is 10.1 Å². The molecule has 1 aromatic rings. The molecule has 5 heteroatoms. The zero-order chi connectivity index (χ0) is 13.6. The first-order chi connectivity index (χ1) is 8.38. The highest BCUT2D eigenvalue weighted by Crippen LogP contribution is 2.19. The van der Waals surface area contributed by atoms with Crippen molar-refractivity contribution in [3.63, 3.8) is 0 Å². The van der Waals surface area contributed by atoms with E-state index < -0.39 is 13.0 Å². The lowest BCUT2D eigenvalue weighted by atomic mass is 10.3. The number of non-ortho nitro benzene ring substituents is 1. The molecule has 0 saturated carbocycles. The molecule has 0 spiro atoms. The Bertz CT molecular complexity index is 438. The summed E-state index contributed by atoms with van der Waals surface area (Å²) in [4.78, 5) is 10.2. The molecule has 0 N–H and O–H groups in total. The zero-order valence-corrected chi connectivity index (χ0v) is 12.1. The smallest absolute Gasteiger partial charge is 0.273 e. The summed E-state index contributed by atoms with van der Waals surface area (Å²) in [7, 11) is -1.04. The molecule has 98 valence electrons. The van der Waals surface area contributed by atoms with E-state index in [1.165, 1.54) is 12.1 Å². The van der Waals surface area contributed by atoms with Crippen molar-refractivity contribution in [2.24, 2.45) is 0 Å². The Morgan fingerprint density at radius 2 is 2.06 bits per heavy atom. The van der Waals surface area contributed by atoms with Crippen LogP contribution in [0.4, 0.5) is 5.69 Å². The second kappa shape index (κ2) is 6.35. The van der Waals surface area contributed by atoms with Crippen LogP contribution in [0.5, 0.6) is 5.75 Å². The second-order valence-electron chi connectivity index (χ2n) is 5.30. The zero-order valence-electron chi connectivity index (χ0n) is 11.1. The highest BCUT2D eigenvalue weighted by atomic mass is 28.3. The highest BCUT2D eigenvalue weighted by Gasteiger charge is 2.09. The largest absolute Gasteiger partial charge is 0.489 e. The Balaban J connectivity index is 2.44. The van der Waals surface area contributed by atoms with Crippen LogP contribution in [0.2, 0.25) is 25.7 Å². The predicted octanol–water partition coefficient (Wildman–Crippen LogP) is 3.87. The fourth-order valence-electron chi connectivity index (χ4n) is 1.34. The van der Waals surface area contributed by atoms with Crippen molar-refractivity contribution in [1.29, 1.82) is 0 Å². The number of ether oxygens (including phenoxy) is 1. The quantitative estimate of drug-likeness (QED) is 0.339. The second-order valence-corrected chi connectivity index (χ2v) is 10.8. The van der Waals surface area contributed by atoms with Gasteiger partial charge in [0.1, 0.15) is 12.4 Å². The predicted molar refractivity (Wildman–Crippen MR) is 75.9 cm³/mol. The lowest BCUT2D eigenvalue weighted by Crippen LogP contribution is -2.17. The molecular formula is C13H19NO3Si. The van der Waals surface area contributed by atoms with E-state index in [4.69, 9.17) is 4.74 Å². The van der Waals surface area contributed by atoms with Crippen LogP contribution in [0.25, 0.3) is 0 Å². The third kappa shape index (κ3) is 5.63. The Hall–Kier alpha value is -1.62. The Morgan fingerprint density at radius 3 is 2.67 bits per heavy atom. The molecule has 0 heterocycles. The molecule has 0 amide bonds. The molecule has 1 rings (SSSR count). The minimum Gasteiger partial charge on any atom is -0.489 e. The molecule has 1 aromatic carbocycles. The Morgan fingerprint density at radius 1 is 1.33 bits per heavy atom. The van der Waals surface area contributed by atoms with Crippen LogP contribution in [0.15, 0.2) is 36.4 Å². The van der Waals surface area contributed by atoms with Crippen molar-refractivity contribution in [3.8, 4) is 5.75 Å². The van der Waals surface area contributed by atoms with Gasteiger partial charge in [-0.25, -0.2) is 0 Å². The van der Waals surface area contributed by atoms with Crippen LogP contribution in [0.3, 0.4) is 0 Å². The van der Waals surface area contributed by atoms with E-state index in [2.05, 4.69) is 25.7 Å². The third-order valence-electron chi connectivity index (χ3n) is 2.27. The van der Waals surface area contributed by atoms with Gasteiger partial charge in [0.25, 0.3) is 5.69 Å². The average Bonchev–Trinajstić information content (AvgIpc) is 2.27. The minimum atomic E-state index is -1.04. The molecule has 0 fully saturated rings. The number of allylic oxidation sites excluding steroid dienone is 1. The maximum Gasteiger partial charge on any atom is 0.273 e. The number of nitro benzene ring substituents is 1. The number of hydrogen-bond donors (Lipinski definition) is 0. The summed E-state index contributed by atoms with van der Waals surface area (Å²) in [5.41, 5.74) is 0.0542. The van der Waals surface area contributed by atoms with Crippen LogP contribution >= 0.6 is 0 Å². The van der Waals surface area contributed by atoms with E-state index in [1.807, 2.05) is 6.08 Å². The first kappa shape index (κ1) is 14.4. The molecule has 0 radical (unpaired) electrons. The highest BCUT2D eigenvalue weighted by molar-refractivity contribution is 6.76. The van der Waals surface area contributed by atoms with Gasteiger partial charge < -0.3 is 4.74 Å². The first-order valence-corrected chi connectivity index (χ1v) is 9.61. The summed E-state index contributed by atoms with van der Waals surface area (Å²) in [6.07, 6.45) is 4.10. The number of hydrogen-bond acceptors (Lipinski definition) is 3. The van der Waals surface area contributed by atoms with E-state index in [9.17, 15) is 10.1 Å². The standard InChI is InChI=1S/C13H19NO3Si/c1-18(2,3)10-5-4-9-17-13-8-6-7-12(11-13)14(15)16/h4-8,11H,9-10H2,1-3H3/b5-4+. The maximum atomic E-state index is 10.6. The lowest BCUT2D eigenvalue weighted by Gasteiger charge is -2.11. The van der Waals surface area contributed by atoms with E-state index in [-0.39, 0.29) is 5.69 Å².